The Bertz CT molecular complexity index is 247. The predicted molar refractivity (Wildman–Crippen MR) is 47.6 cm³/mol. The molecule has 0 radical (unpaired) electrons. The minimum Gasteiger partial charge on any atom is -0.391 e. The number of ether oxygens (including phenoxy) is 1. The Balaban J connectivity index is 2.68. The highest BCUT2D eigenvalue weighted by atomic mass is 16.7. The number of carbonyl (C=O) groups is 1. The SMILES string of the molecule is CC(=O)N[C@H]1CO[C@](O)(CO)[C@@H](O)[C@@H]1O. The molecule has 0 unspecified atom stereocenters. The summed E-state index contributed by atoms with van der Waals surface area (Å²) in [5.74, 6) is -2.56. The summed E-state index contributed by atoms with van der Waals surface area (Å²) in [6.45, 7) is 0.235. The van der Waals surface area contributed by atoms with Crippen molar-refractivity contribution in [2.24, 2.45) is 0 Å². The highest BCUT2D eigenvalue weighted by Crippen LogP contribution is 2.23. The predicted octanol–water partition coefficient (Wildman–Crippen LogP) is -3.08. The summed E-state index contributed by atoms with van der Waals surface area (Å²) < 4.78 is 4.79. The average Bonchev–Trinajstić information content (AvgIpc) is 2.19. The average molecular weight is 221 g/mol. The Labute approximate surface area is 86.3 Å². The normalized spacial score (nSPS) is 41.3. The smallest absolute Gasteiger partial charge is 0.218 e. The number of hydrogen-bond donors (Lipinski definition) is 5. The van der Waals surface area contributed by atoms with Crippen LogP contribution in [0.5, 0.6) is 0 Å². The van der Waals surface area contributed by atoms with Crippen LogP contribution in [0.1, 0.15) is 6.92 Å². The first-order chi connectivity index (χ1) is 6.90. The molecular weight excluding hydrogens is 206 g/mol. The standard InChI is InChI=1S/C8H15NO6/c1-4(11)9-5-2-15-8(14,3-10)7(13)6(5)12/h5-7,10,12-14H,2-3H2,1H3,(H,9,11)/t5-,6+,7-,8+/m0/s1. The molecule has 0 aromatic heterocycles. The lowest BCUT2D eigenvalue weighted by atomic mass is 9.95. The van der Waals surface area contributed by atoms with E-state index in [0.29, 0.717) is 0 Å². The van der Waals surface area contributed by atoms with Gasteiger partial charge < -0.3 is 30.5 Å². The van der Waals surface area contributed by atoms with E-state index in [0.717, 1.165) is 0 Å². The van der Waals surface area contributed by atoms with E-state index in [9.17, 15) is 20.1 Å². The molecule has 0 aliphatic carbocycles. The molecule has 0 aromatic rings. The Morgan fingerprint density at radius 3 is 2.67 bits per heavy atom. The van der Waals surface area contributed by atoms with Crippen LogP contribution in [0, 0.1) is 0 Å². The van der Waals surface area contributed by atoms with Crippen LogP contribution in [0.25, 0.3) is 0 Å². The quantitative estimate of drug-likeness (QED) is 0.337. The summed E-state index contributed by atoms with van der Waals surface area (Å²) in [4.78, 5) is 10.7. The molecule has 15 heavy (non-hydrogen) atoms. The van der Waals surface area contributed by atoms with Crippen LogP contribution < -0.4 is 5.32 Å². The molecule has 0 spiro atoms. The van der Waals surface area contributed by atoms with E-state index in [1.165, 1.54) is 6.92 Å². The second-order valence-electron chi connectivity index (χ2n) is 3.56. The van der Waals surface area contributed by atoms with E-state index in [1.54, 1.807) is 0 Å². The van der Waals surface area contributed by atoms with Crippen LogP contribution in [-0.4, -0.2) is 63.6 Å². The number of carbonyl (C=O) groups excluding carboxylic acids is 1. The monoisotopic (exact) mass is 221 g/mol. The first-order valence-electron chi connectivity index (χ1n) is 4.51. The van der Waals surface area contributed by atoms with Gasteiger partial charge in [0.2, 0.25) is 11.7 Å². The minimum atomic E-state index is -2.17. The topological polar surface area (TPSA) is 119 Å². The molecule has 0 aromatic carbocycles. The zero-order valence-electron chi connectivity index (χ0n) is 8.25. The summed E-state index contributed by atoms with van der Waals surface area (Å²) in [7, 11) is 0. The van der Waals surface area contributed by atoms with Gasteiger partial charge in [-0.3, -0.25) is 4.79 Å². The molecule has 7 nitrogen and oxygen atoms in total. The first kappa shape index (κ1) is 12.3. The highest BCUT2D eigenvalue weighted by Gasteiger charge is 2.48. The molecule has 7 heteroatoms. The fourth-order valence-electron chi connectivity index (χ4n) is 1.43. The molecule has 1 amide bonds. The lowest BCUT2D eigenvalue weighted by molar-refractivity contribution is -0.317. The van der Waals surface area contributed by atoms with Gasteiger partial charge in [0.1, 0.15) is 12.2 Å². The van der Waals surface area contributed by atoms with Crippen LogP contribution in [-0.2, 0) is 9.53 Å². The zero-order chi connectivity index (χ0) is 11.6. The molecule has 1 aliphatic heterocycles. The maximum absolute atomic E-state index is 10.7. The van der Waals surface area contributed by atoms with Crippen molar-refractivity contribution >= 4 is 5.91 Å². The second-order valence-corrected chi connectivity index (χ2v) is 3.56. The van der Waals surface area contributed by atoms with Crippen molar-refractivity contribution < 1.29 is 30.0 Å². The number of rotatable bonds is 2. The molecule has 4 atom stereocenters. The van der Waals surface area contributed by atoms with Crippen LogP contribution in [0.15, 0.2) is 0 Å². The van der Waals surface area contributed by atoms with Crippen LogP contribution >= 0.6 is 0 Å². The van der Waals surface area contributed by atoms with Crippen molar-refractivity contribution in [1.82, 2.24) is 5.32 Å². The number of amides is 1. The van der Waals surface area contributed by atoms with Crippen molar-refractivity contribution in [2.45, 2.75) is 31.0 Å². The molecular formula is C8H15NO6. The van der Waals surface area contributed by atoms with Gasteiger partial charge in [0, 0.05) is 6.92 Å². The molecule has 1 saturated heterocycles. The van der Waals surface area contributed by atoms with Crippen molar-refractivity contribution in [3.05, 3.63) is 0 Å². The zero-order valence-corrected chi connectivity index (χ0v) is 8.25. The van der Waals surface area contributed by atoms with Crippen LogP contribution in [0.2, 0.25) is 0 Å². The third-order valence-electron chi connectivity index (χ3n) is 2.33. The van der Waals surface area contributed by atoms with Crippen molar-refractivity contribution in [2.75, 3.05) is 13.2 Å². The van der Waals surface area contributed by atoms with Crippen LogP contribution in [0.3, 0.4) is 0 Å². The number of hydrogen-bond acceptors (Lipinski definition) is 6. The lowest BCUT2D eigenvalue weighted by Gasteiger charge is -2.42. The van der Waals surface area contributed by atoms with Gasteiger partial charge in [-0.1, -0.05) is 0 Å². The Morgan fingerprint density at radius 1 is 1.60 bits per heavy atom. The molecule has 0 bridgehead atoms. The number of nitrogens with one attached hydrogen (secondary N) is 1. The van der Waals surface area contributed by atoms with Crippen molar-refractivity contribution in [3.8, 4) is 0 Å². The maximum atomic E-state index is 10.7. The van der Waals surface area contributed by atoms with Gasteiger partial charge in [-0.2, -0.15) is 0 Å². The van der Waals surface area contributed by atoms with Crippen molar-refractivity contribution in [1.29, 1.82) is 0 Å². The molecule has 1 heterocycles. The summed E-state index contributed by atoms with van der Waals surface area (Å²) in [6.07, 6.45) is -3.06. The molecule has 1 rings (SSSR count). The first-order valence-corrected chi connectivity index (χ1v) is 4.51. The van der Waals surface area contributed by atoms with E-state index in [-0.39, 0.29) is 12.5 Å². The Kier molecular flexibility index (Phi) is 3.63. The van der Waals surface area contributed by atoms with E-state index < -0.39 is 30.6 Å². The molecule has 0 saturated carbocycles. The third kappa shape index (κ3) is 2.44. The maximum Gasteiger partial charge on any atom is 0.218 e. The van der Waals surface area contributed by atoms with Gasteiger partial charge in [-0.15, -0.1) is 0 Å². The number of aliphatic hydroxyl groups excluding tert-OH is 3. The third-order valence-corrected chi connectivity index (χ3v) is 2.33. The second kappa shape index (κ2) is 4.42. The van der Waals surface area contributed by atoms with Gasteiger partial charge >= 0.3 is 0 Å². The fourth-order valence-corrected chi connectivity index (χ4v) is 1.43. The summed E-state index contributed by atoms with van der Waals surface area (Å²) >= 11 is 0. The summed E-state index contributed by atoms with van der Waals surface area (Å²) in [6, 6.07) is -0.802. The summed E-state index contributed by atoms with van der Waals surface area (Å²) in [5, 5.41) is 39.6. The largest absolute Gasteiger partial charge is 0.391 e. The van der Waals surface area contributed by atoms with Gasteiger partial charge in [0.15, 0.2) is 0 Å². The Morgan fingerprint density at radius 2 is 2.20 bits per heavy atom. The van der Waals surface area contributed by atoms with Crippen molar-refractivity contribution in [3.63, 3.8) is 0 Å². The molecule has 1 aliphatic rings. The molecule has 1 fully saturated rings. The molecule has 88 valence electrons. The lowest BCUT2D eigenvalue weighted by Crippen LogP contribution is -2.66. The van der Waals surface area contributed by atoms with Gasteiger partial charge in [-0.25, -0.2) is 0 Å². The van der Waals surface area contributed by atoms with E-state index >= 15 is 0 Å². The highest BCUT2D eigenvalue weighted by molar-refractivity contribution is 5.73. The summed E-state index contributed by atoms with van der Waals surface area (Å²) in [5.41, 5.74) is 0. The number of aliphatic hydroxyl groups is 4. The van der Waals surface area contributed by atoms with E-state index in [1.807, 2.05) is 0 Å². The molecule has 5 N–H and O–H groups in total. The van der Waals surface area contributed by atoms with Crippen LogP contribution in [0.4, 0.5) is 0 Å². The van der Waals surface area contributed by atoms with E-state index in [4.69, 9.17) is 9.84 Å². The van der Waals surface area contributed by atoms with E-state index in [2.05, 4.69) is 5.32 Å². The fraction of sp³-hybridized carbons (Fsp3) is 0.875. The van der Waals surface area contributed by atoms with Gasteiger partial charge in [0.05, 0.1) is 19.3 Å². The Hall–Kier alpha value is -0.730. The minimum absolute atomic E-state index is 0.186. The van der Waals surface area contributed by atoms with Gasteiger partial charge in [-0.05, 0) is 0 Å². The van der Waals surface area contributed by atoms with Gasteiger partial charge in [0.25, 0.3) is 0 Å².